The molecule has 0 bridgehead atoms. The van der Waals surface area contributed by atoms with E-state index in [0.29, 0.717) is 36.8 Å². The van der Waals surface area contributed by atoms with E-state index in [1.807, 2.05) is 25.1 Å². The number of alkyl halides is 6. The third kappa shape index (κ3) is 9.75. The van der Waals surface area contributed by atoms with Crippen LogP contribution in [0.3, 0.4) is 0 Å². The summed E-state index contributed by atoms with van der Waals surface area (Å²) in [5.74, 6) is -0.470. The molecule has 2 nitrogen and oxygen atoms in total. The summed E-state index contributed by atoms with van der Waals surface area (Å²) in [5, 5.41) is 0. The van der Waals surface area contributed by atoms with Crippen LogP contribution in [0.25, 0.3) is 39.0 Å². The van der Waals surface area contributed by atoms with E-state index in [0.717, 1.165) is 97.0 Å². The molecular formula is C53H46F6O2. The highest BCUT2D eigenvalue weighted by Gasteiger charge is 2.36. The molecule has 61 heavy (non-hydrogen) atoms. The summed E-state index contributed by atoms with van der Waals surface area (Å²) >= 11 is 0. The minimum atomic E-state index is -4.44. The molecule has 1 aliphatic carbocycles. The lowest BCUT2D eigenvalue weighted by atomic mass is 9.80. The molecule has 0 spiro atoms. The lowest BCUT2D eigenvalue weighted by Crippen LogP contribution is -2.15. The SMILES string of the molecule is C=CC(=O)OCCCCc1cc(Cc2cccc(C(F)(F)F)c2)cc(-c2ccc3c(c2)C(C)(C)c2cc(-c4cc(Cc5cccc(C(F)(F)F)c5)cc(C(=C)C)c4)ccc2-3)c1. The van der Waals surface area contributed by atoms with E-state index < -0.39 is 34.9 Å². The fraction of sp³-hybridized carbons (Fsp3) is 0.226. The highest BCUT2D eigenvalue weighted by Crippen LogP contribution is 2.51. The van der Waals surface area contributed by atoms with Crippen molar-refractivity contribution in [3.8, 4) is 33.4 Å². The van der Waals surface area contributed by atoms with E-state index in [-0.39, 0.29) is 6.61 Å². The van der Waals surface area contributed by atoms with Crippen molar-refractivity contribution in [2.45, 2.75) is 70.6 Å². The van der Waals surface area contributed by atoms with Crippen LogP contribution >= 0.6 is 0 Å². The van der Waals surface area contributed by atoms with Crippen molar-refractivity contribution in [2.24, 2.45) is 0 Å². The van der Waals surface area contributed by atoms with Gasteiger partial charge in [0.1, 0.15) is 0 Å². The van der Waals surface area contributed by atoms with E-state index in [2.05, 4.69) is 81.6 Å². The topological polar surface area (TPSA) is 26.3 Å². The second kappa shape index (κ2) is 17.1. The van der Waals surface area contributed by atoms with Crippen molar-refractivity contribution in [1.29, 1.82) is 0 Å². The van der Waals surface area contributed by atoms with Crippen molar-refractivity contribution in [3.63, 3.8) is 0 Å². The number of rotatable bonds is 13. The van der Waals surface area contributed by atoms with Crippen LogP contribution in [0.5, 0.6) is 0 Å². The summed E-state index contributed by atoms with van der Waals surface area (Å²) in [7, 11) is 0. The van der Waals surface area contributed by atoms with Crippen LogP contribution < -0.4 is 0 Å². The van der Waals surface area contributed by atoms with Gasteiger partial charge in [-0.1, -0.05) is 124 Å². The van der Waals surface area contributed by atoms with Crippen molar-refractivity contribution in [1.82, 2.24) is 0 Å². The van der Waals surface area contributed by atoms with Crippen molar-refractivity contribution < 1.29 is 35.9 Å². The van der Waals surface area contributed by atoms with E-state index >= 15 is 0 Å². The normalized spacial score (nSPS) is 13.1. The van der Waals surface area contributed by atoms with E-state index in [1.165, 1.54) is 24.3 Å². The molecule has 0 amide bonds. The standard InChI is InChI=1S/C53H46F6O2/c1-6-50(60)61-20-8-7-11-34-21-37(22-35-12-9-14-44(28-35)52(54,55)56)26-42(24-34)39-16-18-46-47-19-17-40(32-49(47)51(4,5)48(46)31-39)43-27-38(25-41(30-43)33(2)3)23-36-13-10-15-45(29-36)53(57,58)59/h6,9-10,12-19,21,24-32H,1-2,7-8,11,20,22-23H2,3-5H3. The lowest BCUT2D eigenvalue weighted by molar-refractivity contribution is -0.138. The Bertz CT molecular complexity index is 2650. The Morgan fingerprint density at radius 1 is 0.607 bits per heavy atom. The molecule has 0 saturated carbocycles. The van der Waals surface area contributed by atoms with E-state index in [4.69, 9.17) is 4.74 Å². The van der Waals surface area contributed by atoms with Gasteiger partial charge >= 0.3 is 18.3 Å². The maximum absolute atomic E-state index is 13.6. The molecule has 1 aliphatic rings. The lowest BCUT2D eigenvalue weighted by Gasteiger charge is -2.23. The molecule has 0 fully saturated rings. The van der Waals surface area contributed by atoms with Crippen LogP contribution in [-0.4, -0.2) is 12.6 Å². The molecule has 6 aromatic rings. The predicted molar refractivity (Wildman–Crippen MR) is 232 cm³/mol. The smallest absolute Gasteiger partial charge is 0.416 e. The summed E-state index contributed by atoms with van der Waals surface area (Å²) in [5.41, 5.74) is 12.4. The predicted octanol–water partition coefficient (Wildman–Crippen LogP) is 14.6. The van der Waals surface area contributed by atoms with Crippen molar-refractivity contribution in [3.05, 3.63) is 196 Å². The summed E-state index contributed by atoms with van der Waals surface area (Å²) in [4.78, 5) is 11.5. The Morgan fingerprint density at radius 2 is 1.11 bits per heavy atom. The largest absolute Gasteiger partial charge is 0.463 e. The number of hydrogen-bond acceptors (Lipinski definition) is 2. The Balaban J connectivity index is 1.21. The quantitative estimate of drug-likeness (QED) is 0.0502. The van der Waals surface area contributed by atoms with Crippen LogP contribution in [0.4, 0.5) is 26.3 Å². The number of esters is 1. The summed E-state index contributed by atoms with van der Waals surface area (Å²) in [6.45, 7) is 14.2. The number of halogens is 6. The molecule has 0 N–H and O–H groups in total. The Morgan fingerprint density at radius 3 is 1.62 bits per heavy atom. The molecule has 0 radical (unpaired) electrons. The van der Waals surface area contributed by atoms with Crippen LogP contribution in [0.15, 0.2) is 141 Å². The summed E-state index contributed by atoms with van der Waals surface area (Å²) < 4.78 is 86.6. The van der Waals surface area contributed by atoms with Crippen molar-refractivity contribution in [2.75, 3.05) is 6.61 Å². The van der Waals surface area contributed by atoms with Gasteiger partial charge in [-0.3, -0.25) is 0 Å². The van der Waals surface area contributed by atoms with Gasteiger partial charge in [0.15, 0.2) is 0 Å². The van der Waals surface area contributed by atoms with Gasteiger partial charge in [-0.05, 0) is 147 Å². The Labute approximate surface area is 353 Å². The highest BCUT2D eigenvalue weighted by molar-refractivity contribution is 5.86. The fourth-order valence-electron chi connectivity index (χ4n) is 8.33. The molecule has 0 unspecified atom stereocenters. The molecule has 6 aromatic carbocycles. The minimum Gasteiger partial charge on any atom is -0.463 e. The minimum absolute atomic E-state index is 0.268. The fourth-order valence-corrected chi connectivity index (χ4v) is 8.33. The molecule has 0 aromatic heterocycles. The first-order chi connectivity index (χ1) is 28.9. The number of fused-ring (bicyclic) bond motifs is 3. The monoisotopic (exact) mass is 828 g/mol. The molecule has 312 valence electrons. The number of aryl methyl sites for hydroxylation is 1. The first kappa shape index (κ1) is 43.0. The summed E-state index contributed by atoms with van der Waals surface area (Å²) in [6.07, 6.45) is -5.01. The number of hydrogen-bond donors (Lipinski definition) is 0. The number of unbranched alkanes of at least 4 members (excludes halogenated alkanes) is 1. The number of ether oxygens (including phenoxy) is 1. The van der Waals surface area contributed by atoms with Crippen LogP contribution in [0, 0.1) is 0 Å². The van der Waals surface area contributed by atoms with Gasteiger partial charge in [-0.25, -0.2) is 4.79 Å². The van der Waals surface area contributed by atoms with E-state index in [1.54, 1.807) is 12.1 Å². The van der Waals surface area contributed by atoms with Crippen molar-refractivity contribution >= 4 is 11.5 Å². The third-order valence-electron chi connectivity index (χ3n) is 11.5. The average molecular weight is 829 g/mol. The molecular weight excluding hydrogens is 783 g/mol. The van der Waals surface area contributed by atoms with E-state index in [9.17, 15) is 31.1 Å². The zero-order valence-electron chi connectivity index (χ0n) is 34.4. The molecule has 0 atom stereocenters. The second-order valence-corrected chi connectivity index (χ2v) is 16.5. The first-order valence-corrected chi connectivity index (χ1v) is 20.2. The summed E-state index contributed by atoms with van der Waals surface area (Å²) in [6, 6.07) is 36.1. The number of carbonyl (C=O) groups excluding carboxylic acids is 1. The van der Waals surface area contributed by atoms with Crippen LogP contribution in [-0.2, 0) is 46.6 Å². The second-order valence-electron chi connectivity index (χ2n) is 16.5. The maximum Gasteiger partial charge on any atom is 0.416 e. The zero-order chi connectivity index (χ0) is 43.7. The van der Waals surface area contributed by atoms with Gasteiger partial charge in [-0.15, -0.1) is 0 Å². The third-order valence-corrected chi connectivity index (χ3v) is 11.5. The van der Waals surface area contributed by atoms with Crippen LogP contribution in [0.1, 0.15) is 89.2 Å². The zero-order valence-corrected chi connectivity index (χ0v) is 34.4. The van der Waals surface area contributed by atoms with Crippen LogP contribution in [0.2, 0.25) is 0 Å². The highest BCUT2D eigenvalue weighted by atomic mass is 19.4. The van der Waals surface area contributed by atoms with Gasteiger partial charge in [0.2, 0.25) is 0 Å². The van der Waals surface area contributed by atoms with Gasteiger partial charge in [0, 0.05) is 11.5 Å². The van der Waals surface area contributed by atoms with Gasteiger partial charge in [0.25, 0.3) is 0 Å². The van der Waals surface area contributed by atoms with Gasteiger partial charge < -0.3 is 4.74 Å². The first-order valence-electron chi connectivity index (χ1n) is 20.2. The Hall–Kier alpha value is -6.15. The van der Waals surface area contributed by atoms with Gasteiger partial charge in [-0.2, -0.15) is 26.3 Å². The number of allylic oxidation sites excluding steroid dienone is 1. The average Bonchev–Trinajstić information content (AvgIpc) is 3.44. The maximum atomic E-state index is 13.6. The molecule has 7 rings (SSSR count). The molecule has 0 saturated heterocycles. The molecule has 0 aliphatic heterocycles. The number of carbonyl (C=O) groups is 1. The van der Waals surface area contributed by atoms with Gasteiger partial charge in [0.05, 0.1) is 17.7 Å². The number of benzene rings is 6. The molecule has 0 heterocycles. The Kier molecular flexibility index (Phi) is 12.0. The molecule has 8 heteroatoms.